The number of carbonyl (C=O) groups is 1. The van der Waals surface area contributed by atoms with Gasteiger partial charge in [-0.05, 0) is 17.7 Å². The number of methoxy groups -OCH3 is 1. The van der Waals surface area contributed by atoms with E-state index < -0.39 is 12.0 Å². The third-order valence-corrected chi connectivity index (χ3v) is 3.08. The van der Waals surface area contributed by atoms with Crippen molar-refractivity contribution in [2.75, 3.05) is 26.9 Å². The fraction of sp³-hybridized carbons (Fsp3) is 0.357. The maximum absolute atomic E-state index is 11.8. The van der Waals surface area contributed by atoms with Crippen molar-refractivity contribution in [1.29, 1.82) is 0 Å². The highest BCUT2D eigenvalue weighted by Crippen LogP contribution is 2.39. The molecule has 0 saturated heterocycles. The van der Waals surface area contributed by atoms with E-state index in [0.717, 1.165) is 0 Å². The van der Waals surface area contributed by atoms with Crippen LogP contribution in [0.4, 0.5) is 0 Å². The first-order valence-corrected chi connectivity index (χ1v) is 6.39. The number of terminal acetylenes is 1. The molecule has 1 aromatic rings. The van der Waals surface area contributed by atoms with E-state index in [1.807, 2.05) is 0 Å². The molecule has 0 fully saturated rings. The Kier molecular flexibility index (Phi) is 4.72. The topological polar surface area (TPSA) is 56.8 Å². The first-order chi connectivity index (χ1) is 9.67. The van der Waals surface area contributed by atoms with Crippen molar-refractivity contribution in [3.63, 3.8) is 0 Å². The minimum absolute atomic E-state index is 0.228. The summed E-state index contributed by atoms with van der Waals surface area (Å²) in [5.41, 5.74) is 0.612. The summed E-state index contributed by atoms with van der Waals surface area (Å²) >= 11 is 6.15. The predicted molar refractivity (Wildman–Crippen MR) is 74.0 cm³/mol. The molecule has 5 nitrogen and oxygen atoms in total. The molecule has 0 aromatic heterocycles. The van der Waals surface area contributed by atoms with Crippen LogP contribution in [0.3, 0.4) is 0 Å². The van der Waals surface area contributed by atoms with Gasteiger partial charge < -0.3 is 14.2 Å². The Morgan fingerprint density at radius 2 is 2.30 bits per heavy atom. The number of esters is 1. The lowest BCUT2D eigenvalue weighted by molar-refractivity contribution is -0.143. The van der Waals surface area contributed by atoms with Crippen LogP contribution in [-0.2, 0) is 9.53 Å². The summed E-state index contributed by atoms with van der Waals surface area (Å²) in [6.07, 6.45) is 5.20. The summed E-state index contributed by atoms with van der Waals surface area (Å²) in [6.45, 7) is 1.11. The Hall–Kier alpha value is -1.90. The minimum atomic E-state index is -0.704. The molecular weight excluding hydrogens is 282 g/mol. The van der Waals surface area contributed by atoms with Crippen LogP contribution in [0.5, 0.6) is 11.5 Å². The SMILES string of the molecule is C#CCNC(C(=O)OC)c1cc(Cl)c2c(c1)OCCO2. The molecule has 0 bridgehead atoms. The zero-order valence-electron chi connectivity index (χ0n) is 10.9. The normalized spacial score (nSPS) is 14.2. The largest absolute Gasteiger partial charge is 0.486 e. The number of fused-ring (bicyclic) bond motifs is 1. The Morgan fingerprint density at radius 3 is 3.00 bits per heavy atom. The third kappa shape index (κ3) is 2.98. The number of hydrogen-bond acceptors (Lipinski definition) is 5. The van der Waals surface area contributed by atoms with E-state index in [1.54, 1.807) is 12.1 Å². The van der Waals surface area contributed by atoms with Crippen molar-refractivity contribution in [1.82, 2.24) is 5.32 Å². The second-order valence-electron chi connectivity index (χ2n) is 4.07. The number of hydrogen-bond donors (Lipinski definition) is 1. The van der Waals surface area contributed by atoms with Crippen LogP contribution in [0.15, 0.2) is 12.1 Å². The van der Waals surface area contributed by atoms with Gasteiger partial charge in [0.2, 0.25) is 0 Å². The van der Waals surface area contributed by atoms with Crippen LogP contribution in [0.25, 0.3) is 0 Å². The molecule has 2 rings (SSSR count). The smallest absolute Gasteiger partial charge is 0.327 e. The van der Waals surface area contributed by atoms with E-state index in [2.05, 4.69) is 11.2 Å². The number of carbonyl (C=O) groups excluding carboxylic acids is 1. The lowest BCUT2D eigenvalue weighted by Crippen LogP contribution is -2.30. The first-order valence-electron chi connectivity index (χ1n) is 6.01. The number of nitrogens with one attached hydrogen (secondary N) is 1. The molecular formula is C14H14ClNO4. The molecule has 1 heterocycles. The van der Waals surface area contributed by atoms with Crippen molar-refractivity contribution in [3.05, 3.63) is 22.7 Å². The van der Waals surface area contributed by atoms with Crippen LogP contribution in [0.2, 0.25) is 5.02 Å². The standard InChI is InChI=1S/C14H14ClNO4/c1-3-4-16-12(14(17)18-2)9-7-10(15)13-11(8-9)19-5-6-20-13/h1,7-8,12,16H,4-6H2,2H3. The van der Waals surface area contributed by atoms with Crippen LogP contribution in [0, 0.1) is 12.3 Å². The van der Waals surface area contributed by atoms with Gasteiger partial charge in [0.05, 0.1) is 18.7 Å². The quantitative estimate of drug-likeness (QED) is 0.675. The van der Waals surface area contributed by atoms with Crippen molar-refractivity contribution >= 4 is 17.6 Å². The molecule has 1 unspecified atom stereocenters. The van der Waals surface area contributed by atoms with Crippen LogP contribution < -0.4 is 14.8 Å². The Balaban J connectivity index is 2.35. The fourth-order valence-electron chi connectivity index (χ4n) is 1.91. The molecule has 20 heavy (non-hydrogen) atoms. The van der Waals surface area contributed by atoms with Gasteiger partial charge in [0.15, 0.2) is 11.5 Å². The van der Waals surface area contributed by atoms with Crippen LogP contribution in [0.1, 0.15) is 11.6 Å². The third-order valence-electron chi connectivity index (χ3n) is 2.80. The molecule has 0 amide bonds. The van der Waals surface area contributed by atoms with Crippen LogP contribution in [-0.4, -0.2) is 32.8 Å². The van der Waals surface area contributed by atoms with Crippen molar-refractivity contribution < 1.29 is 19.0 Å². The summed E-state index contributed by atoms with van der Waals surface area (Å²) in [6, 6.07) is 2.63. The van der Waals surface area contributed by atoms with Gasteiger partial charge in [0.1, 0.15) is 19.3 Å². The van der Waals surface area contributed by atoms with Gasteiger partial charge in [-0.3, -0.25) is 5.32 Å². The molecule has 106 valence electrons. The highest BCUT2D eigenvalue weighted by atomic mass is 35.5. The monoisotopic (exact) mass is 295 g/mol. The molecule has 1 aliphatic rings. The molecule has 0 aliphatic carbocycles. The molecule has 0 saturated carbocycles. The first kappa shape index (κ1) is 14.5. The summed E-state index contributed by atoms with van der Waals surface area (Å²) in [5, 5.41) is 3.29. The van der Waals surface area contributed by atoms with Crippen LogP contribution >= 0.6 is 11.6 Å². The maximum atomic E-state index is 11.8. The van der Waals surface area contributed by atoms with E-state index in [1.165, 1.54) is 7.11 Å². The Morgan fingerprint density at radius 1 is 1.55 bits per heavy atom. The summed E-state index contributed by atoms with van der Waals surface area (Å²) < 4.78 is 15.7. The Labute approximate surface area is 122 Å². The van der Waals surface area contributed by atoms with E-state index in [4.69, 9.17) is 32.2 Å². The number of ether oxygens (including phenoxy) is 3. The van der Waals surface area contributed by atoms with Gasteiger partial charge in [-0.1, -0.05) is 17.5 Å². The van der Waals surface area contributed by atoms with Gasteiger partial charge in [0, 0.05) is 0 Å². The van der Waals surface area contributed by atoms with Gasteiger partial charge in [0.25, 0.3) is 0 Å². The van der Waals surface area contributed by atoms with E-state index >= 15 is 0 Å². The average Bonchev–Trinajstić information content (AvgIpc) is 2.47. The van der Waals surface area contributed by atoms with E-state index in [9.17, 15) is 4.79 Å². The second kappa shape index (κ2) is 6.51. The van der Waals surface area contributed by atoms with E-state index in [-0.39, 0.29) is 6.54 Å². The maximum Gasteiger partial charge on any atom is 0.327 e. The number of halogens is 1. The molecule has 1 atom stereocenters. The molecule has 6 heteroatoms. The number of rotatable bonds is 4. The zero-order chi connectivity index (χ0) is 14.5. The summed E-state index contributed by atoms with van der Waals surface area (Å²) in [7, 11) is 1.31. The fourth-order valence-corrected chi connectivity index (χ4v) is 2.19. The Bertz CT molecular complexity index is 553. The molecule has 1 aromatic carbocycles. The number of benzene rings is 1. The highest BCUT2D eigenvalue weighted by Gasteiger charge is 2.25. The van der Waals surface area contributed by atoms with Gasteiger partial charge in [-0.15, -0.1) is 6.42 Å². The van der Waals surface area contributed by atoms with Crippen molar-refractivity contribution in [3.8, 4) is 23.8 Å². The van der Waals surface area contributed by atoms with Crippen molar-refractivity contribution in [2.24, 2.45) is 0 Å². The predicted octanol–water partition coefficient (Wildman–Crippen LogP) is 1.55. The molecule has 1 aliphatic heterocycles. The lowest BCUT2D eigenvalue weighted by atomic mass is 10.1. The van der Waals surface area contributed by atoms with Gasteiger partial charge in [-0.25, -0.2) is 4.79 Å². The molecule has 0 radical (unpaired) electrons. The second-order valence-corrected chi connectivity index (χ2v) is 4.48. The summed E-state index contributed by atoms with van der Waals surface area (Å²) in [5.74, 6) is 2.96. The zero-order valence-corrected chi connectivity index (χ0v) is 11.7. The summed E-state index contributed by atoms with van der Waals surface area (Å²) in [4.78, 5) is 11.8. The van der Waals surface area contributed by atoms with Crippen molar-refractivity contribution in [2.45, 2.75) is 6.04 Å². The molecule has 1 N–H and O–H groups in total. The lowest BCUT2D eigenvalue weighted by Gasteiger charge is -2.22. The molecule has 0 spiro atoms. The minimum Gasteiger partial charge on any atom is -0.486 e. The highest BCUT2D eigenvalue weighted by molar-refractivity contribution is 6.32. The van der Waals surface area contributed by atoms with E-state index in [0.29, 0.717) is 35.3 Å². The van der Waals surface area contributed by atoms with Gasteiger partial charge >= 0.3 is 5.97 Å². The van der Waals surface area contributed by atoms with Gasteiger partial charge in [-0.2, -0.15) is 0 Å². The average molecular weight is 296 g/mol.